The largest absolute Gasteiger partial charge is 3.00 e. The van der Waals surface area contributed by atoms with Crippen LogP contribution in [-0.2, 0) is 55.0 Å². The summed E-state index contributed by atoms with van der Waals surface area (Å²) >= 11 is 0. The van der Waals surface area contributed by atoms with Gasteiger partial charge < -0.3 is 29.7 Å². The molecule has 0 amide bonds. The normalized spacial score (nSPS) is 12.2. The van der Waals surface area contributed by atoms with E-state index in [0.29, 0.717) is 38.5 Å². The van der Waals surface area contributed by atoms with Crippen molar-refractivity contribution in [3.05, 3.63) is 0 Å². The Bertz CT molecular complexity index is 465. The van der Waals surface area contributed by atoms with Crippen molar-refractivity contribution in [3.8, 4) is 0 Å². The first-order valence-electron chi connectivity index (χ1n) is 9.92. The van der Waals surface area contributed by atoms with Crippen molar-refractivity contribution >= 4 is 35.3 Å². The molecule has 0 aliphatic heterocycles. The minimum absolute atomic E-state index is 0. The van der Waals surface area contributed by atoms with Gasteiger partial charge in [0.2, 0.25) is 0 Å². The molecule has 1 radical (unpaired) electrons. The van der Waals surface area contributed by atoms with Gasteiger partial charge in [-0.25, -0.2) is 0 Å². The molecule has 0 aromatic heterocycles. The zero-order valence-corrected chi connectivity index (χ0v) is 21.6. The van der Waals surface area contributed by atoms with Crippen molar-refractivity contribution in [3.63, 3.8) is 0 Å². The number of carboxylic acid groups (broad SMARTS) is 3. The van der Waals surface area contributed by atoms with E-state index in [1.807, 2.05) is 20.8 Å². The third kappa shape index (κ3) is 20.0. The van der Waals surface area contributed by atoms with E-state index in [-0.39, 0.29) is 43.6 Å². The van der Waals surface area contributed by atoms with E-state index in [9.17, 15) is 44.1 Å². The predicted octanol–water partition coefficient (Wildman–Crippen LogP) is -0.778. The average Bonchev–Trinajstić information content (AvgIpc) is 2.61. The van der Waals surface area contributed by atoms with Crippen LogP contribution in [0.2, 0.25) is 0 Å². The minimum atomic E-state index is -1.26. The van der Waals surface area contributed by atoms with Gasteiger partial charge in [0.05, 0.1) is 35.7 Å². The second-order valence-corrected chi connectivity index (χ2v) is 6.81. The molecule has 0 saturated carbocycles. The first-order valence-corrected chi connectivity index (χ1v) is 9.92. The van der Waals surface area contributed by atoms with Gasteiger partial charge in [-0.05, 0) is 40.0 Å². The SMILES string of the molecule is CCCC(C(C)=O)C(=O)[O-].CCCC(C(C)=O)C(=O)[O-].CCCC(C(C)=O)C(=O)[O-].[Zr+3]. The summed E-state index contributed by atoms with van der Waals surface area (Å²) in [5, 5.41) is 30.6. The molecule has 0 heterocycles. The number of rotatable bonds is 12. The Morgan fingerprint density at radius 1 is 0.516 bits per heavy atom. The monoisotopic (exact) mass is 519 g/mol. The van der Waals surface area contributed by atoms with E-state index < -0.39 is 35.7 Å². The first kappa shape index (κ1) is 36.7. The van der Waals surface area contributed by atoms with Gasteiger partial charge in [0.1, 0.15) is 17.3 Å². The van der Waals surface area contributed by atoms with Crippen molar-refractivity contribution in [2.45, 2.75) is 80.1 Å². The maximum absolute atomic E-state index is 10.6. The smallest absolute Gasteiger partial charge is 0.549 e. The molecule has 10 heteroatoms. The maximum atomic E-state index is 10.6. The predicted molar refractivity (Wildman–Crippen MR) is 102 cm³/mol. The molecule has 3 atom stereocenters. The molecule has 0 aliphatic rings. The zero-order valence-electron chi connectivity index (χ0n) is 19.1. The van der Waals surface area contributed by atoms with Crippen LogP contribution in [0.5, 0.6) is 0 Å². The Kier molecular flexibility index (Phi) is 25.5. The maximum Gasteiger partial charge on any atom is 3.00 e. The van der Waals surface area contributed by atoms with Crippen LogP contribution in [0, 0.1) is 17.8 Å². The van der Waals surface area contributed by atoms with Crippen molar-refractivity contribution in [1.82, 2.24) is 0 Å². The van der Waals surface area contributed by atoms with Gasteiger partial charge in [0.25, 0.3) is 0 Å². The molecule has 175 valence electrons. The van der Waals surface area contributed by atoms with Crippen LogP contribution in [0.15, 0.2) is 0 Å². The van der Waals surface area contributed by atoms with Crippen molar-refractivity contribution in [2.75, 3.05) is 0 Å². The number of aliphatic carboxylic acids is 3. The van der Waals surface area contributed by atoms with Crippen LogP contribution in [0.4, 0.5) is 0 Å². The van der Waals surface area contributed by atoms with Gasteiger partial charge in [-0.15, -0.1) is 0 Å². The second-order valence-electron chi connectivity index (χ2n) is 6.81. The molecule has 0 saturated heterocycles. The van der Waals surface area contributed by atoms with Crippen LogP contribution in [0.25, 0.3) is 0 Å². The van der Waals surface area contributed by atoms with E-state index in [4.69, 9.17) is 0 Å². The van der Waals surface area contributed by atoms with Gasteiger partial charge in [-0.2, -0.15) is 0 Å². The van der Waals surface area contributed by atoms with E-state index >= 15 is 0 Å². The van der Waals surface area contributed by atoms with E-state index in [1.54, 1.807) is 0 Å². The number of ketones is 3. The second kappa shape index (κ2) is 21.5. The molecule has 0 rings (SSSR count). The van der Waals surface area contributed by atoms with Crippen molar-refractivity contribution in [1.29, 1.82) is 0 Å². The molecule has 9 nitrogen and oxygen atoms in total. The molecule has 0 N–H and O–H groups in total. The van der Waals surface area contributed by atoms with E-state index in [0.717, 1.165) is 0 Å². The molecule has 0 fully saturated rings. The fourth-order valence-corrected chi connectivity index (χ4v) is 2.33. The summed E-state index contributed by atoms with van der Waals surface area (Å²) in [6.45, 7) is 9.32. The van der Waals surface area contributed by atoms with Crippen molar-refractivity contribution < 1.29 is 70.3 Å². The Morgan fingerprint density at radius 3 is 0.710 bits per heavy atom. The fraction of sp³-hybridized carbons (Fsp3) is 0.714. The van der Waals surface area contributed by atoms with Gasteiger partial charge in [-0.3, -0.25) is 14.4 Å². The summed E-state index contributed by atoms with van der Waals surface area (Å²) in [4.78, 5) is 62.3. The number of carboxylic acids is 3. The molecule has 0 aromatic carbocycles. The number of hydrogen-bond acceptors (Lipinski definition) is 9. The van der Waals surface area contributed by atoms with Crippen LogP contribution in [0.1, 0.15) is 80.1 Å². The number of carbonyl (C=O) groups excluding carboxylic acids is 6. The van der Waals surface area contributed by atoms with Gasteiger partial charge in [0, 0.05) is 0 Å². The Hall–Kier alpha value is -1.70. The van der Waals surface area contributed by atoms with Crippen LogP contribution >= 0.6 is 0 Å². The molecule has 31 heavy (non-hydrogen) atoms. The van der Waals surface area contributed by atoms with Gasteiger partial charge >= 0.3 is 26.2 Å². The Balaban J connectivity index is -0.000000174. The molecule has 0 bridgehead atoms. The molecule has 3 unspecified atom stereocenters. The molecule has 0 spiro atoms. The summed E-state index contributed by atoms with van der Waals surface area (Å²) < 4.78 is 0. The molecular weight excluding hydrogens is 487 g/mol. The Morgan fingerprint density at radius 2 is 0.677 bits per heavy atom. The Labute approximate surface area is 203 Å². The summed E-state index contributed by atoms with van der Waals surface area (Å²) in [6, 6.07) is 0. The first-order chi connectivity index (χ1) is 13.8. The van der Waals surface area contributed by atoms with E-state index in [1.165, 1.54) is 20.8 Å². The zero-order chi connectivity index (χ0) is 24.4. The molecule has 0 aliphatic carbocycles. The van der Waals surface area contributed by atoms with Gasteiger partial charge in [0.15, 0.2) is 0 Å². The molecular formula is C21H33O9Zr. The quantitative estimate of drug-likeness (QED) is 0.299. The summed E-state index contributed by atoms with van der Waals surface area (Å²) in [7, 11) is 0. The van der Waals surface area contributed by atoms with Gasteiger partial charge in [-0.1, -0.05) is 40.0 Å². The van der Waals surface area contributed by atoms with Crippen LogP contribution in [-0.4, -0.2) is 35.3 Å². The van der Waals surface area contributed by atoms with Crippen LogP contribution < -0.4 is 15.3 Å². The number of Topliss-reactive ketones (excluding diaryl/α,β-unsaturated/α-hetero) is 3. The fourth-order valence-electron chi connectivity index (χ4n) is 2.33. The summed E-state index contributed by atoms with van der Waals surface area (Å²) in [6.07, 6.45) is 3.24. The standard InChI is InChI=1S/3C7H12O3.Zr/c3*1-3-4-6(5(2)8)7(9)10;/h3*6H,3-4H2,1-2H3,(H,9,10);/q;;;+3/p-3. The average molecular weight is 521 g/mol. The third-order valence-corrected chi connectivity index (χ3v) is 4.06. The van der Waals surface area contributed by atoms with Crippen molar-refractivity contribution in [2.24, 2.45) is 17.8 Å². The van der Waals surface area contributed by atoms with E-state index in [2.05, 4.69) is 0 Å². The summed E-state index contributed by atoms with van der Waals surface area (Å²) in [5.74, 6) is -7.41. The molecule has 0 aromatic rings. The number of carbonyl (C=O) groups is 6. The van der Waals surface area contributed by atoms with Crippen LogP contribution in [0.3, 0.4) is 0 Å². The number of hydrogen-bond donors (Lipinski definition) is 0. The third-order valence-electron chi connectivity index (χ3n) is 4.06. The topological polar surface area (TPSA) is 172 Å². The summed E-state index contributed by atoms with van der Waals surface area (Å²) in [5.41, 5.74) is 0. The minimum Gasteiger partial charge on any atom is -0.549 e.